The molecule has 0 aliphatic heterocycles. The molecule has 0 saturated heterocycles. The summed E-state index contributed by atoms with van der Waals surface area (Å²) in [5, 5.41) is 16.0. The fraction of sp³-hybridized carbons (Fsp3) is 0.750. The van der Waals surface area contributed by atoms with Crippen molar-refractivity contribution in [2.24, 2.45) is 11.5 Å². The summed E-state index contributed by atoms with van der Waals surface area (Å²) in [4.78, 5) is 19.4. The topological polar surface area (TPSA) is 158 Å². The molecule has 0 saturated carbocycles. The van der Waals surface area contributed by atoms with Crippen LogP contribution in [-0.4, -0.2) is 40.7 Å². The van der Waals surface area contributed by atoms with Crippen molar-refractivity contribution in [3.8, 4) is 0 Å². The van der Waals surface area contributed by atoms with Crippen molar-refractivity contribution in [2.45, 2.75) is 25.7 Å². The van der Waals surface area contributed by atoms with Crippen molar-refractivity contribution in [1.29, 1.82) is 0 Å². The predicted octanol–water partition coefficient (Wildman–Crippen LogP) is -1.20. The lowest BCUT2D eigenvalue weighted by Crippen LogP contribution is -2.02. The highest BCUT2D eigenvalue weighted by atomic mass is 16.4. The second kappa shape index (κ2) is 15.3. The highest BCUT2D eigenvalue weighted by Crippen LogP contribution is 1.82. The van der Waals surface area contributed by atoms with Crippen LogP contribution in [0.3, 0.4) is 0 Å². The van der Waals surface area contributed by atoms with E-state index in [9.17, 15) is 9.59 Å². The molecule has 0 rings (SSSR count). The van der Waals surface area contributed by atoms with Gasteiger partial charge in [-0.2, -0.15) is 0 Å². The number of nitrogens with two attached hydrogens (primary N) is 2. The smallest absolute Gasteiger partial charge is 0.303 e. The molecule has 7 heteroatoms. The normalized spacial score (nSPS) is 8.13. The van der Waals surface area contributed by atoms with Crippen LogP contribution in [0.25, 0.3) is 0 Å². The van der Waals surface area contributed by atoms with Crippen LogP contribution < -0.4 is 11.5 Å². The van der Waals surface area contributed by atoms with Crippen molar-refractivity contribution < 1.29 is 25.3 Å². The van der Waals surface area contributed by atoms with Crippen LogP contribution in [-0.2, 0) is 9.59 Å². The van der Waals surface area contributed by atoms with Crippen molar-refractivity contribution in [2.75, 3.05) is 13.1 Å². The van der Waals surface area contributed by atoms with Gasteiger partial charge in [0, 0.05) is 12.8 Å². The van der Waals surface area contributed by atoms with Crippen LogP contribution in [0, 0.1) is 0 Å². The van der Waals surface area contributed by atoms with Crippen molar-refractivity contribution in [1.82, 2.24) is 0 Å². The van der Waals surface area contributed by atoms with E-state index in [0.29, 0.717) is 25.9 Å². The standard InChI is InChI=1S/2C4H9NO2.H2O/c2*5-3-1-2-4(6)7;/h2*1-3,5H2,(H,6,7);1H2. The largest absolute Gasteiger partial charge is 0.481 e. The maximum absolute atomic E-state index is 9.70. The molecule has 15 heavy (non-hydrogen) atoms. The molecule has 0 spiro atoms. The Kier molecular flexibility index (Phi) is 19.8. The summed E-state index contributed by atoms with van der Waals surface area (Å²) >= 11 is 0. The molecule has 92 valence electrons. The highest BCUT2D eigenvalue weighted by Gasteiger charge is 1.91. The third-order valence-electron chi connectivity index (χ3n) is 1.19. The van der Waals surface area contributed by atoms with E-state index in [2.05, 4.69) is 0 Å². The van der Waals surface area contributed by atoms with Crippen LogP contribution in [0.15, 0.2) is 0 Å². The van der Waals surface area contributed by atoms with Gasteiger partial charge in [-0.3, -0.25) is 9.59 Å². The summed E-state index contributed by atoms with van der Waals surface area (Å²) in [6, 6.07) is 0. The third-order valence-corrected chi connectivity index (χ3v) is 1.19. The molecule has 8 N–H and O–H groups in total. The Morgan fingerprint density at radius 1 is 0.867 bits per heavy atom. The van der Waals surface area contributed by atoms with Gasteiger partial charge in [-0.1, -0.05) is 0 Å². The number of carboxylic acids is 2. The first-order valence-corrected chi connectivity index (χ1v) is 4.38. The third kappa shape index (κ3) is 32.3. The lowest BCUT2D eigenvalue weighted by Gasteiger charge is -1.86. The van der Waals surface area contributed by atoms with Crippen LogP contribution in [0.5, 0.6) is 0 Å². The van der Waals surface area contributed by atoms with Gasteiger partial charge in [0.2, 0.25) is 0 Å². The second-order valence-electron chi connectivity index (χ2n) is 2.57. The molecule has 0 bridgehead atoms. The molecule has 0 heterocycles. The van der Waals surface area contributed by atoms with Gasteiger partial charge >= 0.3 is 11.9 Å². The zero-order valence-electron chi connectivity index (χ0n) is 8.61. The quantitative estimate of drug-likeness (QED) is 0.443. The van der Waals surface area contributed by atoms with Gasteiger partial charge in [0.1, 0.15) is 0 Å². The van der Waals surface area contributed by atoms with Crippen molar-refractivity contribution in [3.63, 3.8) is 0 Å². The molecule has 0 aliphatic rings. The summed E-state index contributed by atoms with van der Waals surface area (Å²) in [5.41, 5.74) is 10.0. The monoisotopic (exact) mass is 224 g/mol. The van der Waals surface area contributed by atoms with Gasteiger partial charge in [0.05, 0.1) is 0 Å². The van der Waals surface area contributed by atoms with E-state index in [-0.39, 0.29) is 18.3 Å². The average molecular weight is 224 g/mol. The molecular weight excluding hydrogens is 204 g/mol. The molecule has 0 aromatic rings. The number of hydrogen-bond donors (Lipinski definition) is 4. The Morgan fingerprint density at radius 2 is 1.13 bits per heavy atom. The van der Waals surface area contributed by atoms with Crippen molar-refractivity contribution >= 4 is 11.9 Å². The molecule has 0 aromatic heterocycles. The molecule has 0 radical (unpaired) electrons. The van der Waals surface area contributed by atoms with Gasteiger partial charge in [-0.25, -0.2) is 0 Å². The van der Waals surface area contributed by atoms with Gasteiger partial charge in [-0.05, 0) is 25.9 Å². The first-order valence-electron chi connectivity index (χ1n) is 4.38. The van der Waals surface area contributed by atoms with Gasteiger partial charge in [0.25, 0.3) is 0 Å². The number of aliphatic carboxylic acids is 2. The van der Waals surface area contributed by atoms with E-state index >= 15 is 0 Å². The summed E-state index contributed by atoms with van der Waals surface area (Å²) < 4.78 is 0. The second-order valence-corrected chi connectivity index (χ2v) is 2.57. The minimum Gasteiger partial charge on any atom is -0.481 e. The minimum atomic E-state index is -0.773. The Morgan fingerprint density at radius 3 is 1.20 bits per heavy atom. The lowest BCUT2D eigenvalue weighted by atomic mass is 10.3. The summed E-state index contributed by atoms with van der Waals surface area (Å²) in [6.45, 7) is 0.929. The van der Waals surface area contributed by atoms with E-state index in [4.69, 9.17) is 21.7 Å². The summed E-state index contributed by atoms with van der Waals surface area (Å²) in [6.07, 6.45) is 1.54. The molecule has 0 aromatic carbocycles. The van der Waals surface area contributed by atoms with Crippen LogP contribution in [0.4, 0.5) is 0 Å². The summed E-state index contributed by atoms with van der Waals surface area (Å²) in [7, 11) is 0. The SMILES string of the molecule is NCCCC(=O)O.NCCCC(=O)O.O. The predicted molar refractivity (Wildman–Crippen MR) is 55.5 cm³/mol. The molecule has 7 nitrogen and oxygen atoms in total. The molecule has 0 unspecified atom stereocenters. The number of hydrogen-bond acceptors (Lipinski definition) is 4. The molecule has 0 fully saturated rings. The van der Waals surface area contributed by atoms with Crippen molar-refractivity contribution in [3.05, 3.63) is 0 Å². The Balaban J connectivity index is -0.000000180. The minimum absolute atomic E-state index is 0. The zero-order valence-corrected chi connectivity index (χ0v) is 8.61. The van der Waals surface area contributed by atoms with Gasteiger partial charge in [0.15, 0.2) is 0 Å². The van der Waals surface area contributed by atoms with E-state index in [1.807, 2.05) is 0 Å². The zero-order chi connectivity index (χ0) is 11.4. The summed E-state index contributed by atoms with van der Waals surface area (Å²) in [5.74, 6) is -1.55. The number of rotatable bonds is 6. The van der Waals surface area contributed by atoms with E-state index in [0.717, 1.165) is 0 Å². The number of carboxylic acid groups (broad SMARTS) is 2. The van der Waals surface area contributed by atoms with Crippen LogP contribution in [0.1, 0.15) is 25.7 Å². The Labute approximate surface area is 88.4 Å². The highest BCUT2D eigenvalue weighted by molar-refractivity contribution is 5.66. The first-order chi connectivity index (χ1) is 6.54. The fourth-order valence-corrected chi connectivity index (χ4v) is 0.507. The lowest BCUT2D eigenvalue weighted by molar-refractivity contribution is -0.138. The van der Waals surface area contributed by atoms with E-state index < -0.39 is 11.9 Å². The molecule has 0 amide bonds. The van der Waals surface area contributed by atoms with Crippen LogP contribution >= 0.6 is 0 Å². The van der Waals surface area contributed by atoms with E-state index in [1.165, 1.54) is 0 Å². The first kappa shape index (κ1) is 19.4. The number of carbonyl (C=O) groups is 2. The van der Waals surface area contributed by atoms with E-state index in [1.54, 1.807) is 0 Å². The maximum Gasteiger partial charge on any atom is 0.303 e. The van der Waals surface area contributed by atoms with Gasteiger partial charge in [-0.15, -0.1) is 0 Å². The molecule has 0 atom stereocenters. The average Bonchev–Trinajstić information content (AvgIpc) is 2.12. The Hall–Kier alpha value is -1.18. The molecular formula is C8H20N2O5. The van der Waals surface area contributed by atoms with Crippen LogP contribution in [0.2, 0.25) is 0 Å². The maximum atomic E-state index is 9.70. The Bertz CT molecular complexity index is 145. The fourth-order valence-electron chi connectivity index (χ4n) is 0.507. The van der Waals surface area contributed by atoms with Gasteiger partial charge < -0.3 is 27.2 Å². The molecule has 0 aliphatic carbocycles.